The summed E-state index contributed by atoms with van der Waals surface area (Å²) in [6.07, 6.45) is 3.75. The molecule has 2 aromatic rings. The molecule has 3 nitrogen and oxygen atoms in total. The monoisotopic (exact) mass is 315 g/mol. The molecule has 1 unspecified atom stereocenters. The van der Waals surface area contributed by atoms with E-state index in [2.05, 4.69) is 21.8 Å². The first-order valence-corrected chi connectivity index (χ1v) is 7.68. The Morgan fingerprint density at radius 1 is 1.32 bits per heavy atom. The molecule has 1 aromatic heterocycles. The number of hydrogen-bond acceptors (Lipinski definition) is 4. The van der Waals surface area contributed by atoms with Gasteiger partial charge >= 0.3 is 0 Å². The van der Waals surface area contributed by atoms with Crippen molar-refractivity contribution in [1.82, 2.24) is 14.9 Å². The minimum Gasteiger partial charge on any atom is -0.309 e. The van der Waals surface area contributed by atoms with E-state index in [0.717, 1.165) is 29.8 Å². The molecule has 6 heteroatoms. The average Bonchev–Trinajstić information content (AvgIpc) is 2.92. The SMILES string of the molecule is CCCNC(Cc1ccc(Cl)c(Cl)c1)c1cnns1. The first-order chi connectivity index (χ1) is 9.20. The molecule has 0 bridgehead atoms. The van der Waals surface area contributed by atoms with Crippen molar-refractivity contribution >= 4 is 34.7 Å². The molecule has 0 radical (unpaired) electrons. The summed E-state index contributed by atoms with van der Waals surface area (Å²) in [6, 6.07) is 5.97. The largest absolute Gasteiger partial charge is 0.309 e. The number of hydrogen-bond donors (Lipinski definition) is 1. The highest BCUT2D eigenvalue weighted by molar-refractivity contribution is 7.05. The number of nitrogens with one attached hydrogen (secondary N) is 1. The fourth-order valence-electron chi connectivity index (χ4n) is 1.82. The van der Waals surface area contributed by atoms with E-state index in [0.29, 0.717) is 10.0 Å². The molecule has 1 atom stereocenters. The van der Waals surface area contributed by atoms with Crippen LogP contribution in [0, 0.1) is 0 Å². The van der Waals surface area contributed by atoms with Gasteiger partial charge in [-0.05, 0) is 48.6 Å². The third-order valence-corrected chi connectivity index (χ3v) is 4.30. The van der Waals surface area contributed by atoms with Crippen LogP contribution in [-0.4, -0.2) is 16.1 Å². The molecule has 0 aliphatic heterocycles. The van der Waals surface area contributed by atoms with Crippen LogP contribution < -0.4 is 5.32 Å². The highest BCUT2D eigenvalue weighted by Gasteiger charge is 2.14. The summed E-state index contributed by atoms with van der Waals surface area (Å²) in [6.45, 7) is 3.11. The second kappa shape index (κ2) is 7.20. The Labute approximate surface area is 127 Å². The van der Waals surface area contributed by atoms with Crippen LogP contribution >= 0.6 is 34.7 Å². The van der Waals surface area contributed by atoms with Crippen LogP contribution in [-0.2, 0) is 6.42 Å². The van der Waals surface area contributed by atoms with E-state index in [-0.39, 0.29) is 6.04 Å². The molecule has 0 saturated carbocycles. The van der Waals surface area contributed by atoms with Gasteiger partial charge in [-0.2, -0.15) is 0 Å². The highest BCUT2D eigenvalue weighted by Crippen LogP contribution is 2.26. The van der Waals surface area contributed by atoms with Crippen molar-refractivity contribution < 1.29 is 0 Å². The Morgan fingerprint density at radius 2 is 2.16 bits per heavy atom. The summed E-state index contributed by atoms with van der Waals surface area (Å²) in [5.41, 5.74) is 1.15. The summed E-state index contributed by atoms with van der Waals surface area (Å²) in [5.74, 6) is 0. The maximum absolute atomic E-state index is 6.05. The van der Waals surface area contributed by atoms with Crippen molar-refractivity contribution in [3.8, 4) is 0 Å². The van der Waals surface area contributed by atoms with Gasteiger partial charge in [0.1, 0.15) is 0 Å². The lowest BCUT2D eigenvalue weighted by Crippen LogP contribution is -2.23. The van der Waals surface area contributed by atoms with E-state index < -0.39 is 0 Å². The van der Waals surface area contributed by atoms with Gasteiger partial charge in [0.2, 0.25) is 0 Å². The van der Waals surface area contributed by atoms with Crippen LogP contribution in [0.5, 0.6) is 0 Å². The lowest BCUT2D eigenvalue weighted by molar-refractivity contribution is 0.536. The van der Waals surface area contributed by atoms with E-state index in [4.69, 9.17) is 23.2 Å². The van der Waals surface area contributed by atoms with Crippen LogP contribution in [0.1, 0.15) is 29.8 Å². The maximum atomic E-state index is 6.05. The smallest absolute Gasteiger partial charge is 0.0669 e. The molecular formula is C13H15Cl2N3S. The van der Waals surface area contributed by atoms with Gasteiger partial charge in [-0.1, -0.05) is 40.7 Å². The molecule has 1 heterocycles. The summed E-state index contributed by atoms with van der Waals surface area (Å²) >= 11 is 13.4. The fourth-order valence-corrected chi connectivity index (χ4v) is 2.72. The minimum atomic E-state index is 0.220. The average molecular weight is 316 g/mol. The number of aromatic nitrogens is 2. The first kappa shape index (κ1) is 14.7. The van der Waals surface area contributed by atoms with E-state index in [9.17, 15) is 0 Å². The standard InChI is InChI=1S/C13H15Cl2N3S/c1-2-5-16-12(13-8-17-18-19-13)7-9-3-4-10(14)11(15)6-9/h3-4,6,8,12,16H,2,5,7H2,1H3. The lowest BCUT2D eigenvalue weighted by Gasteiger charge is -2.16. The number of halogens is 2. The molecule has 0 aliphatic carbocycles. The third-order valence-electron chi connectivity index (χ3n) is 2.79. The highest BCUT2D eigenvalue weighted by atomic mass is 35.5. The molecule has 2 rings (SSSR count). The molecule has 102 valence electrons. The van der Waals surface area contributed by atoms with Gasteiger partial charge < -0.3 is 5.32 Å². The second-order valence-corrected chi connectivity index (χ2v) is 5.91. The van der Waals surface area contributed by atoms with E-state index in [1.807, 2.05) is 24.4 Å². The van der Waals surface area contributed by atoms with Crippen LogP contribution in [0.15, 0.2) is 24.4 Å². The lowest BCUT2D eigenvalue weighted by atomic mass is 10.0. The van der Waals surface area contributed by atoms with Gasteiger partial charge in [0.25, 0.3) is 0 Å². The molecule has 0 fully saturated rings. The van der Waals surface area contributed by atoms with Crippen LogP contribution in [0.2, 0.25) is 10.0 Å². The Balaban J connectivity index is 2.13. The third kappa shape index (κ3) is 4.14. The van der Waals surface area contributed by atoms with E-state index in [1.54, 1.807) is 0 Å². The van der Waals surface area contributed by atoms with Gasteiger partial charge in [0.15, 0.2) is 0 Å². The maximum Gasteiger partial charge on any atom is 0.0669 e. The van der Waals surface area contributed by atoms with Gasteiger partial charge in [-0.25, -0.2) is 0 Å². The predicted octanol–water partition coefficient (Wildman–Crippen LogP) is 4.13. The van der Waals surface area contributed by atoms with Crippen molar-refractivity contribution in [2.75, 3.05) is 6.54 Å². The molecule has 19 heavy (non-hydrogen) atoms. The second-order valence-electron chi connectivity index (χ2n) is 4.28. The Hall–Kier alpha value is -0.680. The van der Waals surface area contributed by atoms with Crippen LogP contribution in [0.3, 0.4) is 0 Å². The molecule has 1 N–H and O–H groups in total. The molecular weight excluding hydrogens is 301 g/mol. The Kier molecular flexibility index (Phi) is 5.58. The zero-order chi connectivity index (χ0) is 13.7. The summed E-state index contributed by atoms with van der Waals surface area (Å²) in [7, 11) is 0. The van der Waals surface area contributed by atoms with Crippen molar-refractivity contribution in [2.45, 2.75) is 25.8 Å². The van der Waals surface area contributed by atoms with Crippen molar-refractivity contribution in [2.24, 2.45) is 0 Å². The topological polar surface area (TPSA) is 37.8 Å². The van der Waals surface area contributed by atoms with E-state index in [1.165, 1.54) is 11.5 Å². The molecule has 0 aliphatic rings. The minimum absolute atomic E-state index is 0.220. The van der Waals surface area contributed by atoms with Crippen molar-refractivity contribution in [1.29, 1.82) is 0 Å². The van der Waals surface area contributed by atoms with Gasteiger partial charge in [0, 0.05) is 6.04 Å². The number of benzene rings is 1. The normalized spacial score (nSPS) is 12.6. The van der Waals surface area contributed by atoms with Gasteiger partial charge in [0.05, 0.1) is 21.1 Å². The Bertz CT molecular complexity index is 517. The molecule has 0 saturated heterocycles. The first-order valence-electron chi connectivity index (χ1n) is 6.15. The van der Waals surface area contributed by atoms with Gasteiger partial charge in [-0.3, -0.25) is 0 Å². The zero-order valence-electron chi connectivity index (χ0n) is 10.6. The molecule has 0 spiro atoms. The quantitative estimate of drug-likeness (QED) is 0.871. The zero-order valence-corrected chi connectivity index (χ0v) is 12.9. The molecule has 1 aromatic carbocycles. The molecule has 0 amide bonds. The van der Waals surface area contributed by atoms with E-state index >= 15 is 0 Å². The van der Waals surface area contributed by atoms with Gasteiger partial charge in [-0.15, -0.1) is 5.10 Å². The summed E-state index contributed by atoms with van der Waals surface area (Å²) < 4.78 is 3.93. The number of rotatable bonds is 6. The van der Waals surface area contributed by atoms with Crippen molar-refractivity contribution in [3.63, 3.8) is 0 Å². The Morgan fingerprint density at radius 3 is 2.79 bits per heavy atom. The predicted molar refractivity (Wildman–Crippen MR) is 81.1 cm³/mol. The van der Waals surface area contributed by atoms with Crippen LogP contribution in [0.4, 0.5) is 0 Å². The van der Waals surface area contributed by atoms with Crippen LogP contribution in [0.25, 0.3) is 0 Å². The summed E-state index contributed by atoms with van der Waals surface area (Å²) in [5, 5.41) is 8.59. The number of nitrogens with zero attached hydrogens (tertiary/aromatic N) is 2. The fraction of sp³-hybridized carbons (Fsp3) is 0.385. The van der Waals surface area contributed by atoms with Crippen molar-refractivity contribution in [3.05, 3.63) is 44.9 Å². The summed E-state index contributed by atoms with van der Waals surface area (Å²) in [4.78, 5) is 1.14.